The van der Waals surface area contributed by atoms with Crippen molar-refractivity contribution in [3.63, 3.8) is 0 Å². The van der Waals surface area contributed by atoms with Crippen LogP contribution in [0, 0.1) is 0 Å². The van der Waals surface area contributed by atoms with E-state index in [0.717, 1.165) is 6.07 Å². The van der Waals surface area contributed by atoms with E-state index in [9.17, 15) is 22.8 Å². The molecule has 0 radical (unpaired) electrons. The summed E-state index contributed by atoms with van der Waals surface area (Å²) in [6, 6.07) is 2.69. The second kappa shape index (κ2) is 3.72. The normalized spacial score (nSPS) is 22.1. The van der Waals surface area contributed by atoms with Crippen molar-refractivity contribution in [1.82, 2.24) is 4.90 Å². The van der Waals surface area contributed by atoms with Crippen LogP contribution in [0.1, 0.15) is 22.3 Å². The summed E-state index contributed by atoms with van der Waals surface area (Å²) < 4.78 is 38.8. The van der Waals surface area contributed by atoms with E-state index in [1.54, 1.807) is 0 Å². The zero-order valence-electron chi connectivity index (χ0n) is 9.62. The fourth-order valence-corrected chi connectivity index (χ4v) is 2.39. The summed E-state index contributed by atoms with van der Waals surface area (Å²) in [6.45, 7) is 0.308. The predicted molar refractivity (Wildman–Crippen MR) is 59.5 cm³/mol. The van der Waals surface area contributed by atoms with Gasteiger partial charge >= 0.3 is 6.18 Å². The zero-order chi connectivity index (χ0) is 13.8. The molecule has 0 saturated carbocycles. The largest absolute Gasteiger partial charge is 0.417 e. The maximum atomic E-state index is 12.9. The van der Waals surface area contributed by atoms with Gasteiger partial charge in [-0.05, 0) is 18.6 Å². The maximum Gasteiger partial charge on any atom is 0.417 e. The smallest absolute Gasteiger partial charge is 0.326 e. The number of halogens is 3. The van der Waals surface area contributed by atoms with Gasteiger partial charge in [0.05, 0.1) is 16.8 Å². The molecule has 4 nitrogen and oxygen atoms in total. The molecular weight excluding hydrogens is 261 g/mol. The molecule has 1 aromatic carbocycles. The third-order valence-corrected chi connectivity index (χ3v) is 3.42. The second-order valence-corrected chi connectivity index (χ2v) is 4.52. The summed E-state index contributed by atoms with van der Waals surface area (Å²) in [4.78, 5) is 25.1. The first-order valence-corrected chi connectivity index (χ1v) is 5.71. The highest BCUT2D eigenvalue weighted by Gasteiger charge is 2.45. The number of carbonyl (C=O) groups excluding carboxylic acids is 2. The van der Waals surface area contributed by atoms with Crippen LogP contribution in [0.15, 0.2) is 18.2 Å². The average molecular weight is 270 g/mol. The summed E-state index contributed by atoms with van der Waals surface area (Å²) in [5.74, 6) is -1.17. The number of rotatable bonds is 0. The summed E-state index contributed by atoms with van der Waals surface area (Å²) in [6.07, 6.45) is -4.15. The van der Waals surface area contributed by atoms with Crippen LogP contribution in [-0.4, -0.2) is 29.3 Å². The molecule has 19 heavy (non-hydrogen) atoms. The number of benzene rings is 1. The van der Waals surface area contributed by atoms with Crippen molar-refractivity contribution in [2.75, 3.05) is 11.9 Å². The topological polar surface area (TPSA) is 49.4 Å². The molecule has 1 aromatic rings. The van der Waals surface area contributed by atoms with Crippen LogP contribution in [0.3, 0.4) is 0 Å². The minimum absolute atomic E-state index is 0.0702. The highest BCUT2D eigenvalue weighted by atomic mass is 19.4. The van der Waals surface area contributed by atoms with Crippen molar-refractivity contribution in [3.8, 4) is 0 Å². The molecule has 1 saturated heterocycles. The van der Waals surface area contributed by atoms with E-state index in [1.165, 1.54) is 17.0 Å². The fraction of sp³-hybridized carbons (Fsp3) is 0.333. The highest BCUT2D eigenvalue weighted by Crippen LogP contribution is 2.38. The van der Waals surface area contributed by atoms with Crippen LogP contribution in [0.4, 0.5) is 18.9 Å². The van der Waals surface area contributed by atoms with E-state index >= 15 is 0 Å². The van der Waals surface area contributed by atoms with Crippen molar-refractivity contribution < 1.29 is 22.8 Å². The van der Waals surface area contributed by atoms with Gasteiger partial charge in [-0.2, -0.15) is 13.2 Å². The van der Waals surface area contributed by atoms with Crippen LogP contribution in [0.5, 0.6) is 0 Å². The van der Waals surface area contributed by atoms with E-state index in [-0.39, 0.29) is 5.69 Å². The van der Waals surface area contributed by atoms with Gasteiger partial charge in [-0.25, -0.2) is 0 Å². The first-order valence-electron chi connectivity index (χ1n) is 5.71. The summed E-state index contributed by atoms with van der Waals surface area (Å²) in [5, 5.41) is 2.40. The number of hydrogen-bond donors (Lipinski definition) is 1. The Morgan fingerprint density at radius 2 is 2.00 bits per heavy atom. The lowest BCUT2D eigenvalue weighted by Crippen LogP contribution is -2.55. The van der Waals surface area contributed by atoms with Crippen LogP contribution >= 0.6 is 0 Å². The molecule has 0 unspecified atom stereocenters. The highest BCUT2D eigenvalue weighted by molar-refractivity contribution is 6.11. The Balaban J connectivity index is 2.19. The molecule has 1 N–H and O–H groups in total. The van der Waals surface area contributed by atoms with Gasteiger partial charge in [0.15, 0.2) is 0 Å². The van der Waals surface area contributed by atoms with Crippen molar-refractivity contribution in [2.24, 2.45) is 0 Å². The van der Waals surface area contributed by atoms with E-state index in [0.29, 0.717) is 13.0 Å². The molecule has 1 fully saturated rings. The Hall–Kier alpha value is -2.05. The minimum Gasteiger partial charge on any atom is -0.326 e. The number of nitrogens with one attached hydrogen (secondary N) is 1. The van der Waals surface area contributed by atoms with Crippen LogP contribution < -0.4 is 5.32 Å². The maximum absolute atomic E-state index is 12.9. The standard InChI is InChI=1S/C12H9F3N2O2/c13-12(14,15)6-2-1-3-7-9(6)11(19)17-5-4-8(17)10(18)16-7/h1-3,8H,4-5H2,(H,16,18)/t8-/m0/s1. The number of alkyl halides is 3. The van der Waals surface area contributed by atoms with Gasteiger partial charge in [-0.15, -0.1) is 0 Å². The van der Waals surface area contributed by atoms with Crippen molar-refractivity contribution in [2.45, 2.75) is 18.6 Å². The number of nitrogens with zero attached hydrogens (tertiary/aromatic N) is 1. The first-order chi connectivity index (χ1) is 8.89. The Labute approximate surface area is 106 Å². The van der Waals surface area contributed by atoms with Crippen molar-refractivity contribution in [3.05, 3.63) is 29.3 Å². The lowest BCUT2D eigenvalue weighted by Gasteiger charge is -2.37. The van der Waals surface area contributed by atoms with E-state index in [2.05, 4.69) is 5.32 Å². The van der Waals surface area contributed by atoms with E-state index in [1.807, 2.05) is 0 Å². The summed E-state index contributed by atoms with van der Waals surface area (Å²) in [5.41, 5.74) is -1.55. The number of fused-ring (bicyclic) bond motifs is 2. The third-order valence-electron chi connectivity index (χ3n) is 3.42. The van der Waals surface area contributed by atoms with Crippen LogP contribution in [0.25, 0.3) is 0 Å². The molecule has 0 spiro atoms. The molecule has 0 bridgehead atoms. The molecule has 2 heterocycles. The minimum atomic E-state index is -4.63. The lowest BCUT2D eigenvalue weighted by atomic mass is 10.00. The van der Waals surface area contributed by atoms with Crippen LogP contribution in [0.2, 0.25) is 0 Å². The molecule has 1 atom stereocenters. The lowest BCUT2D eigenvalue weighted by molar-refractivity contribution is -0.138. The van der Waals surface area contributed by atoms with Crippen molar-refractivity contribution in [1.29, 1.82) is 0 Å². The molecule has 100 valence electrons. The van der Waals surface area contributed by atoms with Gasteiger partial charge in [0.2, 0.25) is 5.91 Å². The number of hydrogen-bond acceptors (Lipinski definition) is 2. The molecule has 0 aromatic heterocycles. The van der Waals surface area contributed by atoms with E-state index in [4.69, 9.17) is 0 Å². The van der Waals surface area contributed by atoms with Gasteiger partial charge in [0.25, 0.3) is 5.91 Å². The second-order valence-electron chi connectivity index (χ2n) is 4.52. The van der Waals surface area contributed by atoms with Gasteiger partial charge in [-0.1, -0.05) is 6.07 Å². The molecule has 2 aliphatic rings. The Bertz CT molecular complexity index is 583. The molecule has 2 aliphatic heterocycles. The molecule has 2 amide bonds. The van der Waals surface area contributed by atoms with Crippen molar-refractivity contribution >= 4 is 17.5 Å². The fourth-order valence-electron chi connectivity index (χ4n) is 2.39. The van der Waals surface area contributed by atoms with Gasteiger partial charge < -0.3 is 10.2 Å². The predicted octanol–water partition coefficient (Wildman–Crippen LogP) is 1.87. The third kappa shape index (κ3) is 1.68. The number of anilines is 1. The SMILES string of the molecule is O=C1Nc2cccc(C(F)(F)F)c2C(=O)N2CC[C@@H]12. The average Bonchev–Trinajstić information content (AvgIpc) is 2.31. The quantitative estimate of drug-likeness (QED) is 0.782. The molecule has 0 aliphatic carbocycles. The van der Waals surface area contributed by atoms with Gasteiger partial charge in [0, 0.05) is 6.54 Å². The molecular formula is C12H9F3N2O2. The zero-order valence-corrected chi connectivity index (χ0v) is 9.62. The number of amides is 2. The van der Waals surface area contributed by atoms with Gasteiger partial charge in [-0.3, -0.25) is 9.59 Å². The molecule has 3 rings (SSSR count). The number of carbonyl (C=O) groups is 2. The van der Waals surface area contributed by atoms with Gasteiger partial charge in [0.1, 0.15) is 6.04 Å². The molecule has 7 heteroatoms. The first kappa shape index (κ1) is 12.0. The monoisotopic (exact) mass is 270 g/mol. The Morgan fingerprint density at radius 1 is 1.26 bits per heavy atom. The summed E-state index contributed by atoms with van der Waals surface area (Å²) in [7, 11) is 0. The summed E-state index contributed by atoms with van der Waals surface area (Å²) >= 11 is 0. The van der Waals surface area contributed by atoms with E-state index < -0.39 is 35.2 Å². The van der Waals surface area contributed by atoms with Crippen LogP contribution in [-0.2, 0) is 11.0 Å². The Kier molecular flexibility index (Phi) is 2.35. The Morgan fingerprint density at radius 3 is 2.58 bits per heavy atom.